The van der Waals surface area contributed by atoms with E-state index in [1.807, 2.05) is 0 Å². The highest BCUT2D eigenvalue weighted by Crippen LogP contribution is 2.02. The molecule has 0 unspecified atom stereocenters. The highest BCUT2D eigenvalue weighted by molar-refractivity contribution is 5.95. The second-order valence-electron chi connectivity index (χ2n) is 2.67. The van der Waals surface area contributed by atoms with Crippen molar-refractivity contribution in [2.24, 2.45) is 0 Å². The van der Waals surface area contributed by atoms with Crippen LogP contribution in [0.3, 0.4) is 0 Å². The Bertz CT molecular complexity index is 376. The number of carbonyl (C=O) groups is 1. The van der Waals surface area contributed by atoms with Crippen LogP contribution in [0, 0.1) is 0 Å². The van der Waals surface area contributed by atoms with Crippen molar-refractivity contribution < 1.29 is 9.21 Å². The average molecular weight is 176 g/mol. The number of hydrogen-bond donors (Lipinski definition) is 0. The lowest BCUT2D eigenvalue weighted by Gasteiger charge is -1.97. The van der Waals surface area contributed by atoms with E-state index in [0.717, 1.165) is 0 Å². The summed E-state index contributed by atoms with van der Waals surface area (Å²) in [6.07, 6.45) is 7.93. The largest absolute Gasteiger partial charge is 0.472 e. The molecule has 0 aliphatic heterocycles. The first-order valence-corrected chi connectivity index (χ1v) is 3.87. The predicted octanol–water partition coefficient (Wildman–Crippen LogP) is 1.36. The van der Waals surface area contributed by atoms with Gasteiger partial charge in [-0.2, -0.15) is 0 Å². The summed E-state index contributed by atoms with van der Waals surface area (Å²) in [5.41, 5.74) is 0.591. The van der Waals surface area contributed by atoms with E-state index in [-0.39, 0.29) is 5.78 Å². The maximum atomic E-state index is 11.5. The number of hydrogen-bond acceptors (Lipinski definition) is 3. The Hall–Kier alpha value is -1.84. The molecule has 0 saturated heterocycles. The molecule has 0 aliphatic rings. The van der Waals surface area contributed by atoms with Crippen LogP contribution in [0.5, 0.6) is 0 Å². The smallest absolute Gasteiger partial charge is 0.185 e. The molecule has 2 aromatic heterocycles. The summed E-state index contributed by atoms with van der Waals surface area (Å²) >= 11 is 0. The fraction of sp³-hybridized carbons (Fsp3) is 0.111. The number of rotatable bonds is 3. The SMILES string of the molecule is O=C(Cn1ccnc1)c1ccoc1. The average Bonchev–Trinajstić information content (AvgIpc) is 2.74. The van der Waals surface area contributed by atoms with Crippen molar-refractivity contribution in [1.82, 2.24) is 9.55 Å². The van der Waals surface area contributed by atoms with E-state index >= 15 is 0 Å². The van der Waals surface area contributed by atoms with E-state index in [1.54, 1.807) is 29.4 Å². The molecule has 13 heavy (non-hydrogen) atoms. The van der Waals surface area contributed by atoms with Crippen LogP contribution in [0.15, 0.2) is 41.7 Å². The Kier molecular flexibility index (Phi) is 1.96. The molecule has 4 nitrogen and oxygen atoms in total. The molecule has 0 aliphatic carbocycles. The fourth-order valence-electron chi connectivity index (χ4n) is 1.06. The van der Waals surface area contributed by atoms with Crippen LogP contribution >= 0.6 is 0 Å². The van der Waals surface area contributed by atoms with Gasteiger partial charge in [0.15, 0.2) is 5.78 Å². The number of furan rings is 1. The summed E-state index contributed by atoms with van der Waals surface area (Å²) in [7, 11) is 0. The van der Waals surface area contributed by atoms with Gasteiger partial charge in [0.05, 0.1) is 24.7 Å². The van der Waals surface area contributed by atoms with Gasteiger partial charge in [-0.05, 0) is 6.07 Å². The minimum absolute atomic E-state index is 0.0201. The van der Waals surface area contributed by atoms with Gasteiger partial charge in [-0.15, -0.1) is 0 Å². The molecule has 66 valence electrons. The third-order valence-electron chi connectivity index (χ3n) is 1.73. The topological polar surface area (TPSA) is 48.0 Å². The molecule has 0 spiro atoms. The molecular weight excluding hydrogens is 168 g/mol. The molecule has 0 bridgehead atoms. The van der Waals surface area contributed by atoms with E-state index in [2.05, 4.69) is 4.98 Å². The second kappa shape index (κ2) is 3.26. The Morgan fingerprint density at radius 1 is 1.62 bits per heavy atom. The number of imidazole rings is 1. The van der Waals surface area contributed by atoms with Crippen molar-refractivity contribution in [3.63, 3.8) is 0 Å². The number of carbonyl (C=O) groups excluding carboxylic acids is 1. The molecule has 0 aromatic carbocycles. The molecule has 0 N–H and O–H groups in total. The summed E-state index contributed by atoms with van der Waals surface area (Å²) in [6, 6.07) is 1.65. The summed E-state index contributed by atoms with van der Waals surface area (Å²) in [4.78, 5) is 15.3. The van der Waals surface area contributed by atoms with E-state index < -0.39 is 0 Å². The first kappa shape index (κ1) is 7.79. The third-order valence-corrected chi connectivity index (χ3v) is 1.73. The minimum atomic E-state index is 0.0201. The highest BCUT2D eigenvalue weighted by Gasteiger charge is 2.06. The van der Waals surface area contributed by atoms with Crippen LogP contribution in [0.4, 0.5) is 0 Å². The molecule has 0 atom stereocenters. The summed E-state index contributed by atoms with van der Waals surface area (Å²) in [5, 5.41) is 0. The van der Waals surface area contributed by atoms with E-state index in [9.17, 15) is 4.79 Å². The van der Waals surface area contributed by atoms with E-state index in [4.69, 9.17) is 4.42 Å². The molecule has 0 fully saturated rings. The lowest BCUT2D eigenvalue weighted by atomic mass is 10.2. The zero-order valence-corrected chi connectivity index (χ0v) is 6.88. The Balaban J connectivity index is 2.08. The zero-order valence-electron chi connectivity index (χ0n) is 6.88. The lowest BCUT2D eigenvalue weighted by Crippen LogP contribution is -2.07. The molecule has 2 heterocycles. The maximum absolute atomic E-state index is 11.5. The van der Waals surface area contributed by atoms with Crippen molar-refractivity contribution in [1.29, 1.82) is 0 Å². The van der Waals surface area contributed by atoms with Crippen LogP contribution in [0.25, 0.3) is 0 Å². The van der Waals surface area contributed by atoms with Gasteiger partial charge in [0.1, 0.15) is 6.26 Å². The first-order valence-electron chi connectivity index (χ1n) is 3.87. The van der Waals surface area contributed by atoms with Crippen molar-refractivity contribution in [2.75, 3.05) is 0 Å². The monoisotopic (exact) mass is 176 g/mol. The first-order chi connectivity index (χ1) is 6.36. The van der Waals surface area contributed by atoms with Crippen molar-refractivity contribution in [2.45, 2.75) is 6.54 Å². The van der Waals surface area contributed by atoms with Crippen LogP contribution in [-0.2, 0) is 6.54 Å². The molecule has 4 heteroatoms. The van der Waals surface area contributed by atoms with Crippen molar-refractivity contribution in [3.8, 4) is 0 Å². The predicted molar refractivity (Wildman–Crippen MR) is 45.3 cm³/mol. The maximum Gasteiger partial charge on any atom is 0.185 e. The van der Waals surface area contributed by atoms with Gasteiger partial charge < -0.3 is 8.98 Å². The summed E-state index contributed by atoms with van der Waals surface area (Å²) < 4.78 is 6.53. The normalized spacial score (nSPS) is 10.2. The van der Waals surface area contributed by atoms with Crippen LogP contribution in [0.2, 0.25) is 0 Å². The van der Waals surface area contributed by atoms with E-state index in [1.165, 1.54) is 12.5 Å². The molecule has 0 amide bonds. The standard InChI is InChI=1S/C9H8N2O2/c12-9(8-1-4-13-6-8)5-11-3-2-10-7-11/h1-4,6-7H,5H2. The van der Waals surface area contributed by atoms with Gasteiger partial charge in [0.25, 0.3) is 0 Å². The fourth-order valence-corrected chi connectivity index (χ4v) is 1.06. The van der Waals surface area contributed by atoms with Gasteiger partial charge >= 0.3 is 0 Å². The second-order valence-corrected chi connectivity index (χ2v) is 2.67. The van der Waals surface area contributed by atoms with Gasteiger partial charge in [-0.1, -0.05) is 0 Å². The van der Waals surface area contributed by atoms with Crippen LogP contribution < -0.4 is 0 Å². The van der Waals surface area contributed by atoms with Gasteiger partial charge in [0, 0.05) is 12.4 Å². The zero-order chi connectivity index (χ0) is 9.10. The van der Waals surface area contributed by atoms with Crippen molar-refractivity contribution in [3.05, 3.63) is 42.9 Å². The number of ketones is 1. The number of aromatic nitrogens is 2. The highest BCUT2D eigenvalue weighted by atomic mass is 16.3. The van der Waals surface area contributed by atoms with Crippen LogP contribution in [-0.4, -0.2) is 15.3 Å². The molecule has 2 aromatic rings. The Morgan fingerprint density at radius 2 is 2.54 bits per heavy atom. The molecule has 0 saturated carbocycles. The molecule has 2 rings (SSSR count). The molecular formula is C9H8N2O2. The van der Waals surface area contributed by atoms with Crippen LogP contribution in [0.1, 0.15) is 10.4 Å². The number of Topliss-reactive ketones (excluding diaryl/α,β-unsaturated/α-hetero) is 1. The van der Waals surface area contributed by atoms with Crippen molar-refractivity contribution >= 4 is 5.78 Å². The summed E-state index contributed by atoms with van der Waals surface area (Å²) in [5.74, 6) is 0.0201. The Labute approximate surface area is 74.8 Å². The van der Waals surface area contributed by atoms with E-state index in [0.29, 0.717) is 12.1 Å². The quantitative estimate of drug-likeness (QED) is 0.663. The molecule has 0 radical (unpaired) electrons. The summed E-state index contributed by atoms with van der Waals surface area (Å²) in [6.45, 7) is 0.305. The third kappa shape index (κ3) is 1.66. The van der Waals surface area contributed by atoms with Gasteiger partial charge in [-0.3, -0.25) is 4.79 Å². The van der Waals surface area contributed by atoms with Gasteiger partial charge in [0.2, 0.25) is 0 Å². The minimum Gasteiger partial charge on any atom is -0.472 e. The lowest BCUT2D eigenvalue weighted by molar-refractivity contribution is 0.0971. The number of nitrogens with zero attached hydrogens (tertiary/aromatic N) is 2. The Morgan fingerprint density at radius 3 is 3.15 bits per heavy atom. The van der Waals surface area contributed by atoms with Gasteiger partial charge in [-0.25, -0.2) is 4.98 Å².